The van der Waals surface area contributed by atoms with Crippen LogP contribution >= 0.6 is 0 Å². The summed E-state index contributed by atoms with van der Waals surface area (Å²) >= 11 is 0. The van der Waals surface area contributed by atoms with E-state index >= 15 is 0 Å². The fourth-order valence-electron chi connectivity index (χ4n) is 3.12. The molecule has 0 bridgehead atoms. The van der Waals surface area contributed by atoms with Crippen LogP contribution in [-0.2, 0) is 16.0 Å². The Bertz CT molecular complexity index is 827. The molecule has 0 spiro atoms. The monoisotopic (exact) mass is 382 g/mol. The van der Waals surface area contributed by atoms with Crippen LogP contribution in [0.1, 0.15) is 38.8 Å². The van der Waals surface area contributed by atoms with Gasteiger partial charge in [-0.2, -0.15) is 0 Å². The largest absolute Gasteiger partial charge is 0.462 e. The van der Waals surface area contributed by atoms with E-state index in [0.717, 1.165) is 38.4 Å². The lowest BCUT2D eigenvalue weighted by molar-refractivity contribution is 0.0342. The molecule has 1 aliphatic rings. The van der Waals surface area contributed by atoms with E-state index in [9.17, 15) is 9.59 Å². The SMILES string of the molecule is CCOC(=O)c1ccc(NC(=O)c2ccc(CN3CCOCC3)cc2)c(C)c1. The zero-order chi connectivity index (χ0) is 19.9. The minimum Gasteiger partial charge on any atom is -0.462 e. The van der Waals surface area contributed by atoms with Crippen molar-refractivity contribution in [2.45, 2.75) is 20.4 Å². The van der Waals surface area contributed by atoms with E-state index in [-0.39, 0.29) is 11.9 Å². The predicted octanol–water partition coefficient (Wildman–Crippen LogP) is 3.26. The lowest BCUT2D eigenvalue weighted by Gasteiger charge is -2.26. The summed E-state index contributed by atoms with van der Waals surface area (Å²) in [7, 11) is 0. The number of nitrogens with zero attached hydrogens (tertiary/aromatic N) is 1. The third-order valence-corrected chi connectivity index (χ3v) is 4.71. The standard InChI is InChI=1S/C22H26N2O4/c1-3-28-22(26)19-8-9-20(16(2)14-19)23-21(25)18-6-4-17(5-7-18)15-24-10-12-27-13-11-24/h4-9,14H,3,10-13,15H2,1-2H3,(H,23,25). The molecule has 0 atom stereocenters. The maximum atomic E-state index is 12.6. The van der Waals surface area contributed by atoms with Gasteiger partial charge in [0.25, 0.3) is 5.91 Å². The molecule has 1 amide bonds. The zero-order valence-corrected chi connectivity index (χ0v) is 16.4. The fourth-order valence-corrected chi connectivity index (χ4v) is 3.12. The molecule has 0 saturated carbocycles. The highest BCUT2D eigenvalue weighted by Crippen LogP contribution is 2.19. The van der Waals surface area contributed by atoms with E-state index < -0.39 is 0 Å². The molecule has 0 unspecified atom stereocenters. The first kappa shape index (κ1) is 20.0. The second kappa shape index (κ2) is 9.48. The van der Waals surface area contributed by atoms with Crippen LogP contribution in [0.3, 0.4) is 0 Å². The Morgan fingerprint density at radius 3 is 2.39 bits per heavy atom. The Morgan fingerprint density at radius 1 is 1.07 bits per heavy atom. The van der Waals surface area contributed by atoms with Crippen molar-refractivity contribution in [2.75, 3.05) is 38.2 Å². The van der Waals surface area contributed by atoms with E-state index in [4.69, 9.17) is 9.47 Å². The highest BCUT2D eigenvalue weighted by atomic mass is 16.5. The average Bonchev–Trinajstić information content (AvgIpc) is 2.71. The van der Waals surface area contributed by atoms with Gasteiger partial charge >= 0.3 is 5.97 Å². The smallest absolute Gasteiger partial charge is 0.338 e. The van der Waals surface area contributed by atoms with Crippen LogP contribution in [0.5, 0.6) is 0 Å². The highest BCUT2D eigenvalue weighted by Gasteiger charge is 2.13. The second-order valence-corrected chi connectivity index (χ2v) is 6.79. The van der Waals surface area contributed by atoms with Gasteiger partial charge in [-0.25, -0.2) is 4.79 Å². The van der Waals surface area contributed by atoms with E-state index in [2.05, 4.69) is 10.2 Å². The van der Waals surface area contributed by atoms with Crippen molar-refractivity contribution in [1.29, 1.82) is 0 Å². The quantitative estimate of drug-likeness (QED) is 0.777. The number of anilines is 1. The van der Waals surface area contributed by atoms with Crippen LogP contribution in [0.4, 0.5) is 5.69 Å². The first-order valence-corrected chi connectivity index (χ1v) is 9.55. The Hall–Kier alpha value is -2.70. The first-order chi connectivity index (χ1) is 13.6. The van der Waals surface area contributed by atoms with E-state index in [0.29, 0.717) is 23.4 Å². The molecule has 28 heavy (non-hydrogen) atoms. The molecule has 1 heterocycles. The molecule has 0 radical (unpaired) electrons. The number of ether oxygens (including phenoxy) is 2. The summed E-state index contributed by atoms with van der Waals surface area (Å²) in [5.74, 6) is -0.538. The number of carbonyl (C=O) groups excluding carboxylic acids is 2. The summed E-state index contributed by atoms with van der Waals surface area (Å²) in [6.07, 6.45) is 0. The Balaban J connectivity index is 1.61. The molecular formula is C22H26N2O4. The van der Waals surface area contributed by atoms with Crippen LogP contribution in [0.2, 0.25) is 0 Å². The number of amides is 1. The molecule has 6 heteroatoms. The van der Waals surface area contributed by atoms with Crippen molar-refractivity contribution in [1.82, 2.24) is 4.90 Å². The topological polar surface area (TPSA) is 67.9 Å². The molecule has 148 valence electrons. The number of carbonyl (C=O) groups is 2. The minimum absolute atomic E-state index is 0.176. The van der Waals surface area contributed by atoms with Gasteiger partial charge in [0.15, 0.2) is 0 Å². The van der Waals surface area contributed by atoms with Gasteiger partial charge in [0, 0.05) is 30.9 Å². The van der Waals surface area contributed by atoms with Gasteiger partial charge in [-0.1, -0.05) is 12.1 Å². The van der Waals surface area contributed by atoms with E-state index in [1.807, 2.05) is 31.2 Å². The molecule has 0 aromatic heterocycles. The summed E-state index contributed by atoms with van der Waals surface area (Å²) in [4.78, 5) is 26.7. The molecule has 2 aromatic rings. The van der Waals surface area contributed by atoms with Crippen molar-refractivity contribution < 1.29 is 19.1 Å². The minimum atomic E-state index is -0.362. The number of benzene rings is 2. The fraction of sp³-hybridized carbons (Fsp3) is 0.364. The zero-order valence-electron chi connectivity index (χ0n) is 16.4. The molecular weight excluding hydrogens is 356 g/mol. The van der Waals surface area contributed by atoms with Crippen molar-refractivity contribution in [3.63, 3.8) is 0 Å². The van der Waals surface area contributed by atoms with Gasteiger partial charge in [0.05, 0.1) is 25.4 Å². The van der Waals surface area contributed by atoms with Crippen LogP contribution in [-0.4, -0.2) is 49.7 Å². The van der Waals surface area contributed by atoms with Crippen molar-refractivity contribution in [3.8, 4) is 0 Å². The molecule has 6 nitrogen and oxygen atoms in total. The predicted molar refractivity (Wildman–Crippen MR) is 108 cm³/mol. The summed E-state index contributed by atoms with van der Waals surface area (Å²) in [5, 5.41) is 2.91. The van der Waals surface area contributed by atoms with Gasteiger partial charge in [0.1, 0.15) is 0 Å². The third-order valence-electron chi connectivity index (χ3n) is 4.71. The van der Waals surface area contributed by atoms with Gasteiger partial charge in [0.2, 0.25) is 0 Å². The molecule has 1 saturated heterocycles. The maximum Gasteiger partial charge on any atom is 0.338 e. The molecule has 2 aromatic carbocycles. The number of hydrogen-bond donors (Lipinski definition) is 1. The number of esters is 1. The maximum absolute atomic E-state index is 12.6. The van der Waals surface area contributed by atoms with Crippen molar-refractivity contribution in [3.05, 3.63) is 64.7 Å². The van der Waals surface area contributed by atoms with Crippen molar-refractivity contribution in [2.24, 2.45) is 0 Å². The number of aryl methyl sites for hydroxylation is 1. The van der Waals surface area contributed by atoms with Gasteiger partial charge in [-0.15, -0.1) is 0 Å². The van der Waals surface area contributed by atoms with E-state index in [1.54, 1.807) is 25.1 Å². The number of morpholine rings is 1. The number of nitrogens with one attached hydrogen (secondary N) is 1. The Kier molecular flexibility index (Phi) is 6.79. The van der Waals surface area contributed by atoms with Crippen LogP contribution in [0.25, 0.3) is 0 Å². The van der Waals surface area contributed by atoms with Crippen molar-refractivity contribution >= 4 is 17.6 Å². The molecule has 1 aliphatic heterocycles. The molecule has 3 rings (SSSR count). The number of hydrogen-bond acceptors (Lipinski definition) is 5. The lowest BCUT2D eigenvalue weighted by atomic mass is 10.1. The Labute approximate surface area is 165 Å². The summed E-state index contributed by atoms with van der Waals surface area (Å²) in [5.41, 5.74) is 3.73. The third kappa shape index (κ3) is 5.18. The molecule has 1 fully saturated rings. The first-order valence-electron chi connectivity index (χ1n) is 9.55. The summed E-state index contributed by atoms with van der Waals surface area (Å²) < 4.78 is 10.4. The Morgan fingerprint density at radius 2 is 1.75 bits per heavy atom. The van der Waals surface area contributed by atoms with Crippen LogP contribution in [0, 0.1) is 6.92 Å². The molecule has 1 N–H and O–H groups in total. The summed E-state index contributed by atoms with van der Waals surface area (Å²) in [6.45, 7) is 8.23. The van der Waals surface area contributed by atoms with E-state index in [1.165, 1.54) is 5.56 Å². The van der Waals surface area contributed by atoms with Crippen LogP contribution in [0.15, 0.2) is 42.5 Å². The van der Waals surface area contributed by atoms with Crippen LogP contribution < -0.4 is 5.32 Å². The normalized spacial score (nSPS) is 14.5. The average molecular weight is 382 g/mol. The highest BCUT2D eigenvalue weighted by molar-refractivity contribution is 6.05. The number of rotatable bonds is 6. The second-order valence-electron chi connectivity index (χ2n) is 6.79. The van der Waals surface area contributed by atoms with Gasteiger partial charge in [-0.05, 0) is 55.3 Å². The lowest BCUT2D eigenvalue weighted by Crippen LogP contribution is -2.35. The molecule has 0 aliphatic carbocycles. The van der Waals surface area contributed by atoms with Gasteiger partial charge < -0.3 is 14.8 Å². The summed E-state index contributed by atoms with van der Waals surface area (Å²) in [6, 6.07) is 12.8. The van der Waals surface area contributed by atoms with Gasteiger partial charge in [-0.3, -0.25) is 9.69 Å².